The highest BCUT2D eigenvalue weighted by molar-refractivity contribution is 7.16. The average Bonchev–Trinajstić information content (AvgIpc) is 3.19. The van der Waals surface area contributed by atoms with E-state index in [1.807, 2.05) is 0 Å². The summed E-state index contributed by atoms with van der Waals surface area (Å²) < 4.78 is 83.2. The lowest BCUT2D eigenvalue weighted by Crippen LogP contribution is -2.27. The minimum atomic E-state index is -4.75. The Morgan fingerprint density at radius 3 is 2.57 bits per heavy atom. The number of carbonyl (C=O) groups excluding carboxylic acids is 1. The summed E-state index contributed by atoms with van der Waals surface area (Å²) in [5, 5.41) is 4.47. The van der Waals surface area contributed by atoms with Crippen LogP contribution in [0.15, 0.2) is 0 Å². The zero-order valence-electron chi connectivity index (χ0n) is 14.6. The number of imidazole rings is 1. The summed E-state index contributed by atoms with van der Waals surface area (Å²) in [6.45, 7) is -0.362. The number of hydrogen-bond acceptors (Lipinski definition) is 5. The van der Waals surface area contributed by atoms with Crippen molar-refractivity contribution in [3.63, 3.8) is 0 Å². The van der Waals surface area contributed by atoms with Crippen molar-refractivity contribution in [1.82, 2.24) is 19.5 Å². The summed E-state index contributed by atoms with van der Waals surface area (Å²) >= 11 is 0.930. The van der Waals surface area contributed by atoms with E-state index < -0.39 is 42.8 Å². The molecule has 0 spiro atoms. The number of methoxy groups -OCH3 is 1. The molecule has 0 bridgehead atoms. The van der Waals surface area contributed by atoms with Crippen molar-refractivity contribution in [2.75, 3.05) is 13.7 Å². The van der Waals surface area contributed by atoms with E-state index >= 15 is 0 Å². The second kappa shape index (κ2) is 7.50. The number of halogens is 6. The first-order valence-electron chi connectivity index (χ1n) is 8.26. The van der Waals surface area contributed by atoms with E-state index in [0.717, 1.165) is 20.8 Å². The lowest BCUT2D eigenvalue weighted by molar-refractivity contribution is -0.142. The Labute approximate surface area is 159 Å². The van der Waals surface area contributed by atoms with Crippen molar-refractivity contribution >= 4 is 22.2 Å². The van der Waals surface area contributed by atoms with Crippen molar-refractivity contribution in [2.45, 2.75) is 44.8 Å². The smallest absolute Gasteiger partial charge is 0.377 e. The molecular formula is C15H16F6N4O2S. The van der Waals surface area contributed by atoms with Crippen molar-refractivity contribution in [3.05, 3.63) is 16.4 Å². The number of carbonyl (C=O) groups is 1. The predicted molar refractivity (Wildman–Crippen MR) is 85.4 cm³/mol. The Kier molecular flexibility index (Phi) is 5.58. The molecule has 2 aromatic heterocycles. The first-order valence-corrected chi connectivity index (χ1v) is 9.07. The standard InChI is InChI=1S/C15H16F6N4O2S/c1-27-7-10-23-25-9(12(15(19,20)21)22-13(25)28-10)6-24-5-8(4-11(24)26)2-3-14(16,17)18/h8H,2-7H2,1H3. The van der Waals surface area contributed by atoms with E-state index in [0.29, 0.717) is 5.01 Å². The number of likely N-dealkylation sites (tertiary alicyclic amines) is 1. The number of fused-ring (bicyclic) bond motifs is 1. The van der Waals surface area contributed by atoms with E-state index in [1.165, 1.54) is 7.11 Å². The quantitative estimate of drug-likeness (QED) is 0.657. The Morgan fingerprint density at radius 1 is 1.25 bits per heavy atom. The number of amides is 1. The van der Waals surface area contributed by atoms with Crippen LogP contribution in [0.2, 0.25) is 0 Å². The molecule has 0 N–H and O–H groups in total. The van der Waals surface area contributed by atoms with Gasteiger partial charge in [0.05, 0.1) is 18.8 Å². The summed E-state index contributed by atoms with van der Waals surface area (Å²) in [4.78, 5) is 16.9. The fourth-order valence-corrected chi connectivity index (χ4v) is 4.01. The molecule has 1 fully saturated rings. The van der Waals surface area contributed by atoms with E-state index in [-0.39, 0.29) is 36.6 Å². The normalized spacial score (nSPS) is 18.6. The maximum Gasteiger partial charge on any atom is 0.435 e. The third-order valence-corrected chi connectivity index (χ3v) is 5.23. The fourth-order valence-electron chi connectivity index (χ4n) is 3.13. The topological polar surface area (TPSA) is 59.7 Å². The van der Waals surface area contributed by atoms with Crippen molar-refractivity contribution in [2.24, 2.45) is 5.92 Å². The second-order valence-corrected chi connectivity index (χ2v) is 7.57. The molecule has 3 heterocycles. The number of aromatic nitrogens is 3. The highest BCUT2D eigenvalue weighted by Crippen LogP contribution is 2.35. The van der Waals surface area contributed by atoms with Crippen LogP contribution in [-0.2, 0) is 28.9 Å². The third-order valence-electron chi connectivity index (χ3n) is 4.35. The number of alkyl halides is 6. The van der Waals surface area contributed by atoms with Crippen molar-refractivity contribution < 1.29 is 35.9 Å². The molecule has 1 aliphatic rings. The molecule has 13 heteroatoms. The lowest BCUT2D eigenvalue weighted by atomic mass is 10.0. The van der Waals surface area contributed by atoms with Gasteiger partial charge in [0.15, 0.2) is 5.69 Å². The Morgan fingerprint density at radius 2 is 1.96 bits per heavy atom. The number of nitrogens with zero attached hydrogens (tertiary/aromatic N) is 4. The monoisotopic (exact) mass is 430 g/mol. The van der Waals surface area contributed by atoms with Crippen LogP contribution in [0.25, 0.3) is 4.96 Å². The zero-order valence-corrected chi connectivity index (χ0v) is 15.4. The molecule has 1 amide bonds. The van der Waals surface area contributed by atoms with Gasteiger partial charge in [-0.15, -0.1) is 0 Å². The third kappa shape index (κ3) is 4.57. The lowest BCUT2D eigenvalue weighted by Gasteiger charge is -2.17. The fraction of sp³-hybridized carbons (Fsp3) is 0.667. The van der Waals surface area contributed by atoms with Gasteiger partial charge in [0.1, 0.15) is 5.01 Å². The zero-order chi connectivity index (χ0) is 20.7. The highest BCUT2D eigenvalue weighted by atomic mass is 32.1. The molecule has 0 radical (unpaired) electrons. The van der Waals surface area contributed by atoms with Crippen LogP contribution in [0.5, 0.6) is 0 Å². The molecule has 1 saturated heterocycles. The molecule has 2 aromatic rings. The number of hydrogen-bond donors (Lipinski definition) is 0. The van der Waals surface area contributed by atoms with E-state index in [9.17, 15) is 31.1 Å². The molecule has 1 aliphatic heterocycles. The molecule has 0 aliphatic carbocycles. The van der Waals surface area contributed by atoms with Crippen LogP contribution in [0.3, 0.4) is 0 Å². The predicted octanol–water partition coefficient (Wildman–Crippen LogP) is 3.65. The first-order chi connectivity index (χ1) is 13.0. The van der Waals surface area contributed by atoms with Gasteiger partial charge < -0.3 is 9.64 Å². The van der Waals surface area contributed by atoms with Gasteiger partial charge >= 0.3 is 12.4 Å². The molecule has 3 rings (SSSR count). The molecule has 0 aromatic carbocycles. The maximum absolute atomic E-state index is 13.4. The van der Waals surface area contributed by atoms with Crippen LogP contribution in [0.4, 0.5) is 26.3 Å². The molecule has 1 atom stereocenters. The first kappa shape index (κ1) is 20.8. The van der Waals surface area contributed by atoms with Gasteiger partial charge in [0, 0.05) is 26.5 Å². The SMILES string of the molecule is COCc1nn2c(CN3CC(CCC(F)(F)F)CC3=O)c(C(F)(F)F)nc2s1. The van der Waals surface area contributed by atoms with Gasteiger partial charge in [-0.1, -0.05) is 11.3 Å². The number of ether oxygens (including phenoxy) is 1. The van der Waals surface area contributed by atoms with Crippen LogP contribution in [0, 0.1) is 5.92 Å². The maximum atomic E-state index is 13.4. The summed E-state index contributed by atoms with van der Waals surface area (Å²) in [5.41, 5.74) is -1.47. The minimum Gasteiger partial charge on any atom is -0.377 e. The Bertz CT molecular complexity index is 859. The molecule has 6 nitrogen and oxygen atoms in total. The van der Waals surface area contributed by atoms with Gasteiger partial charge in [-0.2, -0.15) is 31.4 Å². The molecule has 0 saturated carbocycles. The number of rotatable bonds is 6. The summed E-state index contributed by atoms with van der Waals surface area (Å²) in [6.07, 6.45) is -10.5. The van der Waals surface area contributed by atoms with Crippen molar-refractivity contribution in [1.29, 1.82) is 0 Å². The van der Waals surface area contributed by atoms with Gasteiger partial charge in [-0.25, -0.2) is 9.50 Å². The largest absolute Gasteiger partial charge is 0.435 e. The second-order valence-electron chi connectivity index (χ2n) is 6.53. The Balaban J connectivity index is 1.83. The molecule has 156 valence electrons. The Hall–Kier alpha value is -1.89. The average molecular weight is 430 g/mol. The molecule has 1 unspecified atom stereocenters. The summed E-state index contributed by atoms with van der Waals surface area (Å²) in [6, 6.07) is 0. The van der Waals surface area contributed by atoms with Crippen LogP contribution >= 0.6 is 11.3 Å². The van der Waals surface area contributed by atoms with E-state index in [1.54, 1.807) is 0 Å². The minimum absolute atomic E-state index is 0.00893. The van der Waals surface area contributed by atoms with Gasteiger partial charge in [-0.3, -0.25) is 4.79 Å². The van der Waals surface area contributed by atoms with Crippen LogP contribution in [0.1, 0.15) is 35.7 Å². The van der Waals surface area contributed by atoms with E-state index in [2.05, 4.69) is 10.1 Å². The van der Waals surface area contributed by atoms with Crippen LogP contribution in [-0.4, -0.2) is 45.2 Å². The highest BCUT2D eigenvalue weighted by Gasteiger charge is 2.41. The van der Waals surface area contributed by atoms with E-state index in [4.69, 9.17) is 4.74 Å². The van der Waals surface area contributed by atoms with Gasteiger partial charge in [-0.05, 0) is 12.3 Å². The van der Waals surface area contributed by atoms with Gasteiger partial charge in [0.25, 0.3) is 0 Å². The van der Waals surface area contributed by atoms with Crippen LogP contribution < -0.4 is 0 Å². The van der Waals surface area contributed by atoms with Crippen molar-refractivity contribution in [3.8, 4) is 0 Å². The van der Waals surface area contributed by atoms with Gasteiger partial charge in [0.2, 0.25) is 10.9 Å². The molecule has 28 heavy (non-hydrogen) atoms. The summed E-state index contributed by atoms with van der Waals surface area (Å²) in [5.74, 6) is -1.03. The molecular weight excluding hydrogens is 414 g/mol. The summed E-state index contributed by atoms with van der Waals surface area (Å²) in [7, 11) is 1.41.